The zero-order valence-corrected chi connectivity index (χ0v) is 59.0. The van der Waals surface area contributed by atoms with Crippen molar-refractivity contribution in [2.24, 2.45) is 0 Å². The molecule has 542 valence electrons. The Hall–Kier alpha value is -7.51. The molecule has 1 aliphatic carbocycles. The van der Waals surface area contributed by atoms with Crippen molar-refractivity contribution in [3.63, 3.8) is 0 Å². The predicted octanol–water partition coefficient (Wildman–Crippen LogP) is 13.9. The number of nitrogens with one attached hydrogen (secondary N) is 1. The highest BCUT2D eigenvalue weighted by Gasteiger charge is 2.50. The molecule has 0 saturated carbocycles. The van der Waals surface area contributed by atoms with Gasteiger partial charge in [-0.2, -0.15) is 26.3 Å². The van der Waals surface area contributed by atoms with E-state index in [1.54, 1.807) is 40.9 Å². The molecular formula is C74H88Cl3F7N8O8. The van der Waals surface area contributed by atoms with Crippen LogP contribution in [0.1, 0.15) is 106 Å². The molecule has 4 aliphatic rings. The largest absolute Gasteiger partial charge is 0.446 e. The number of anilines is 2. The maximum atomic E-state index is 14.3. The van der Waals surface area contributed by atoms with Crippen LogP contribution in [0.15, 0.2) is 146 Å². The smallest absolute Gasteiger partial charge is 0.416 e. The number of hydrogen-bond acceptors (Lipinski definition) is 11. The van der Waals surface area contributed by atoms with E-state index in [1.807, 2.05) is 93.0 Å². The normalized spacial score (nSPS) is 17.6. The van der Waals surface area contributed by atoms with E-state index >= 15 is 0 Å². The van der Waals surface area contributed by atoms with Crippen molar-refractivity contribution >= 4 is 78.3 Å². The lowest BCUT2D eigenvalue weighted by atomic mass is 9.72. The minimum absolute atomic E-state index is 0. The van der Waals surface area contributed by atoms with E-state index in [9.17, 15) is 54.7 Å². The van der Waals surface area contributed by atoms with Crippen LogP contribution < -0.4 is 10.2 Å². The highest BCUT2D eigenvalue weighted by molar-refractivity contribution is 5.96. The van der Waals surface area contributed by atoms with Crippen LogP contribution in [0, 0.1) is 5.82 Å². The van der Waals surface area contributed by atoms with Gasteiger partial charge in [-0.25, -0.2) is 9.18 Å². The van der Waals surface area contributed by atoms with Gasteiger partial charge in [-0.15, -0.1) is 37.2 Å². The summed E-state index contributed by atoms with van der Waals surface area (Å²) >= 11 is 0. The van der Waals surface area contributed by atoms with Gasteiger partial charge in [0.1, 0.15) is 30.9 Å². The Morgan fingerprint density at radius 3 is 1.91 bits per heavy atom. The molecule has 5 amide bonds. The number of likely N-dealkylation sites (N-methyl/N-ethyl adjacent to an activating group) is 3. The zero-order chi connectivity index (χ0) is 69.1. The molecule has 3 heterocycles. The zero-order valence-electron chi connectivity index (χ0n) is 56.5. The summed E-state index contributed by atoms with van der Waals surface area (Å²) < 4.78 is 116. The van der Waals surface area contributed by atoms with Crippen molar-refractivity contribution in [1.82, 2.24) is 29.4 Å². The Balaban J connectivity index is 0.00000468. The summed E-state index contributed by atoms with van der Waals surface area (Å²) in [6.45, 7) is 5.04. The van der Waals surface area contributed by atoms with Crippen LogP contribution in [-0.4, -0.2) is 185 Å². The van der Waals surface area contributed by atoms with Crippen LogP contribution >= 0.6 is 37.2 Å². The number of benzene rings is 6. The standard InChI is InChI=1S/C74H85F7N8O8.3ClH/c1-83(35-14-6-9-21-66(90)84(2)43-44-87-36-30-61(31-37-87)97-70(94)82-64-20-13-11-18-62(64)52-15-7-5-8-16-52)60-28-22-53(23-29-60)68(92)86(4)42-41-85(3)67(91)49-95-65-47-54-17-10-12-19-63(54)71(65)32-38-88(39-33-71)40-34-72(56-24-26-59(75)27-25-56)50-89(51-96-72)69(93)55-45-57(73(76,77)78)48-58(46-55)74(79,80)81;;;/h5,7-8,10-13,15-20,22-29,45-46,48,61,65H,6,9,14,21,30-44,47,49-51H2,1-4H3,(H,82,94);3*1H/t65-,72-;;;/m0.../s1. The van der Waals surface area contributed by atoms with Gasteiger partial charge >= 0.3 is 18.4 Å². The van der Waals surface area contributed by atoms with Crippen molar-refractivity contribution in [3.8, 4) is 11.1 Å². The number of hydrogen-bond donors (Lipinski definition) is 1. The molecular weight excluding hydrogens is 1370 g/mol. The molecule has 0 radical (unpaired) electrons. The van der Waals surface area contributed by atoms with Crippen molar-refractivity contribution in [3.05, 3.63) is 190 Å². The summed E-state index contributed by atoms with van der Waals surface area (Å²) in [5.74, 6) is -1.92. The Kier molecular flexibility index (Phi) is 28.2. The van der Waals surface area contributed by atoms with E-state index < -0.39 is 64.6 Å². The van der Waals surface area contributed by atoms with Crippen molar-refractivity contribution in [2.75, 3.05) is 124 Å². The fourth-order valence-electron chi connectivity index (χ4n) is 13.7. The minimum Gasteiger partial charge on any atom is -0.446 e. The molecule has 3 saturated heterocycles. The topological polar surface area (TPSA) is 148 Å². The third-order valence-corrected chi connectivity index (χ3v) is 19.7. The van der Waals surface area contributed by atoms with Gasteiger partial charge in [-0.05, 0) is 147 Å². The van der Waals surface area contributed by atoms with Gasteiger partial charge in [0.25, 0.3) is 11.8 Å². The van der Waals surface area contributed by atoms with Crippen molar-refractivity contribution in [1.29, 1.82) is 0 Å². The molecule has 1 spiro atoms. The number of halogens is 10. The Bertz CT molecular complexity index is 3670. The lowest BCUT2D eigenvalue weighted by Gasteiger charge is -2.44. The molecule has 2 atom stereocenters. The van der Waals surface area contributed by atoms with Gasteiger partial charge < -0.3 is 48.5 Å². The van der Waals surface area contributed by atoms with Gasteiger partial charge in [0.2, 0.25) is 11.8 Å². The molecule has 100 heavy (non-hydrogen) atoms. The number of amides is 5. The first-order valence-electron chi connectivity index (χ1n) is 33.2. The molecule has 6 aromatic carbocycles. The first kappa shape index (κ1) is 79.8. The van der Waals surface area contributed by atoms with Gasteiger partial charge in [0.15, 0.2) is 0 Å². The van der Waals surface area contributed by atoms with Crippen LogP contribution in [0.5, 0.6) is 0 Å². The number of piperidine rings is 2. The summed E-state index contributed by atoms with van der Waals surface area (Å²) in [6, 6.07) is 39.3. The third kappa shape index (κ3) is 20.0. The van der Waals surface area contributed by atoms with E-state index in [0.29, 0.717) is 80.8 Å². The number of unbranched alkanes of at least 4 members (excludes halogenated alkanes) is 2. The second-order valence-corrected chi connectivity index (χ2v) is 26.1. The second kappa shape index (κ2) is 35.4. The molecule has 26 heteroatoms. The molecule has 0 bridgehead atoms. The summed E-state index contributed by atoms with van der Waals surface area (Å²) in [6.07, 6.45) is -4.62. The van der Waals surface area contributed by atoms with Crippen molar-refractivity contribution in [2.45, 2.75) is 99.8 Å². The van der Waals surface area contributed by atoms with Crippen LogP contribution in [-0.2, 0) is 53.6 Å². The molecule has 1 N–H and O–H groups in total. The number of fused-ring (bicyclic) bond motifs is 2. The number of para-hydroxylation sites is 1. The third-order valence-electron chi connectivity index (χ3n) is 19.7. The lowest BCUT2D eigenvalue weighted by molar-refractivity contribution is -0.143. The van der Waals surface area contributed by atoms with E-state index in [1.165, 1.54) is 24.3 Å². The highest BCUT2D eigenvalue weighted by Crippen LogP contribution is 2.49. The number of nitrogens with zero attached hydrogens (tertiary/aromatic N) is 7. The van der Waals surface area contributed by atoms with Crippen LogP contribution in [0.4, 0.5) is 46.9 Å². The van der Waals surface area contributed by atoms with E-state index in [4.69, 9.17) is 14.2 Å². The quantitative estimate of drug-likeness (QED) is 0.0431. The van der Waals surface area contributed by atoms with Gasteiger partial charge in [-0.3, -0.25) is 24.5 Å². The number of ether oxygens (including phenoxy) is 3. The maximum absolute atomic E-state index is 14.3. The van der Waals surface area contributed by atoms with E-state index in [0.717, 1.165) is 91.1 Å². The Morgan fingerprint density at radius 2 is 1.24 bits per heavy atom. The Morgan fingerprint density at radius 1 is 0.630 bits per heavy atom. The maximum Gasteiger partial charge on any atom is 0.416 e. The fraction of sp³-hybridized carbons (Fsp3) is 0.446. The van der Waals surface area contributed by atoms with Crippen LogP contribution in [0.25, 0.3) is 11.1 Å². The molecule has 0 aromatic heterocycles. The summed E-state index contributed by atoms with van der Waals surface area (Å²) in [5, 5.41) is 2.93. The average molecular weight is 1460 g/mol. The number of likely N-dealkylation sites (tertiary alicyclic amines) is 2. The number of carbonyl (C=O) groups is 5. The minimum atomic E-state index is -5.15. The molecule has 0 unspecified atom stereocenters. The molecule has 3 aliphatic heterocycles. The van der Waals surface area contributed by atoms with Gasteiger partial charge in [0, 0.05) is 115 Å². The fourth-order valence-corrected chi connectivity index (χ4v) is 13.7. The second-order valence-electron chi connectivity index (χ2n) is 26.1. The molecule has 16 nitrogen and oxygen atoms in total. The predicted molar refractivity (Wildman–Crippen MR) is 377 cm³/mol. The number of alkyl halides is 6. The van der Waals surface area contributed by atoms with Crippen LogP contribution in [0.2, 0.25) is 0 Å². The molecule has 10 rings (SSSR count). The summed E-state index contributed by atoms with van der Waals surface area (Å²) in [5.41, 5.74) is 1.17. The first-order chi connectivity index (χ1) is 46.4. The van der Waals surface area contributed by atoms with Crippen molar-refractivity contribution < 1.29 is 68.9 Å². The lowest BCUT2D eigenvalue weighted by Crippen LogP contribution is -2.50. The molecule has 3 fully saturated rings. The monoisotopic (exact) mass is 1450 g/mol. The SMILES string of the molecule is CN(CCN1CCC(OC(=O)Nc2ccccc2-c2ccccc2)CC1)C(=O)CCCCCN(C)c1ccc(C(=O)N(C)CCN(C)C(=O)CO[C@H]2Cc3ccccc3C23CCN(CC[C@@]2(c4ccc(F)cc4)CN(C(=O)c4cc(C(F)(F)F)cc(C(F)(F)F)c4)CO2)CC3)cc1.Cl.Cl.Cl. The van der Waals surface area contributed by atoms with E-state index in [2.05, 4.69) is 32.1 Å². The first-order valence-corrected chi connectivity index (χ1v) is 33.2. The van der Waals surface area contributed by atoms with Crippen LogP contribution in [0.3, 0.4) is 0 Å². The van der Waals surface area contributed by atoms with E-state index in [-0.39, 0.29) is 106 Å². The Labute approximate surface area is 598 Å². The average Bonchev–Trinajstić information content (AvgIpc) is 1.59. The van der Waals surface area contributed by atoms with Gasteiger partial charge in [0.05, 0.1) is 29.5 Å². The highest BCUT2D eigenvalue weighted by atomic mass is 35.5. The summed E-state index contributed by atoms with van der Waals surface area (Å²) in [4.78, 5) is 79.7. The number of rotatable bonds is 25. The van der Waals surface area contributed by atoms with Gasteiger partial charge in [-0.1, -0.05) is 91.3 Å². The molecule has 6 aromatic rings. The number of carbonyl (C=O) groups excluding carboxylic acids is 5. The summed E-state index contributed by atoms with van der Waals surface area (Å²) in [7, 11) is 7.24.